The standard InChI is InChI=1S/C15H14F3N3O3S/c1-8-5-10(15(16,17)18)9(6-19)13(20-8)25-7-12(22)21-4-2-3-11(21)14(23)24/h5,11H,2-4,7H2,1H3,(H,23,24)/t11-/m0/s1. The molecule has 0 bridgehead atoms. The molecule has 1 fully saturated rings. The highest BCUT2D eigenvalue weighted by atomic mass is 32.2. The Labute approximate surface area is 145 Å². The molecular formula is C15H14F3N3O3S. The molecule has 2 rings (SSSR count). The predicted octanol–water partition coefficient (Wildman–Crippen LogP) is 2.45. The van der Waals surface area contributed by atoms with Gasteiger partial charge < -0.3 is 10.0 Å². The van der Waals surface area contributed by atoms with E-state index in [4.69, 9.17) is 10.4 Å². The lowest BCUT2D eigenvalue weighted by atomic mass is 10.1. The van der Waals surface area contributed by atoms with Crippen LogP contribution >= 0.6 is 11.8 Å². The molecule has 0 radical (unpaired) electrons. The Hall–Kier alpha value is -2.28. The zero-order valence-corrected chi connectivity index (χ0v) is 13.9. The summed E-state index contributed by atoms with van der Waals surface area (Å²) >= 11 is 0.707. The van der Waals surface area contributed by atoms with Gasteiger partial charge in [0, 0.05) is 12.2 Å². The summed E-state index contributed by atoms with van der Waals surface area (Å²) in [5, 5.41) is 18.0. The number of hydrogen-bond acceptors (Lipinski definition) is 5. The Morgan fingerprint density at radius 2 is 2.20 bits per heavy atom. The predicted molar refractivity (Wildman–Crippen MR) is 81.8 cm³/mol. The number of carboxylic acid groups (broad SMARTS) is 1. The van der Waals surface area contributed by atoms with Crippen molar-refractivity contribution in [3.05, 3.63) is 22.9 Å². The minimum atomic E-state index is -4.71. The number of nitriles is 1. The van der Waals surface area contributed by atoms with Crippen LogP contribution in [0.2, 0.25) is 0 Å². The quantitative estimate of drug-likeness (QED) is 0.815. The second-order valence-corrected chi connectivity index (χ2v) is 6.44. The Balaban J connectivity index is 2.21. The number of aryl methyl sites for hydroxylation is 1. The molecule has 10 heteroatoms. The lowest BCUT2D eigenvalue weighted by Gasteiger charge is -2.21. The molecule has 25 heavy (non-hydrogen) atoms. The number of halogens is 3. The second kappa shape index (κ2) is 7.31. The Bertz CT molecular complexity index is 746. The van der Waals surface area contributed by atoms with E-state index in [0.29, 0.717) is 24.6 Å². The number of aliphatic carboxylic acids is 1. The van der Waals surface area contributed by atoms with Gasteiger partial charge in [0.25, 0.3) is 0 Å². The fraction of sp³-hybridized carbons (Fsp3) is 0.467. The Morgan fingerprint density at radius 3 is 2.76 bits per heavy atom. The fourth-order valence-corrected chi connectivity index (χ4v) is 3.55. The van der Waals surface area contributed by atoms with Crippen LogP contribution in [0.25, 0.3) is 0 Å². The molecule has 1 N–H and O–H groups in total. The first-order chi connectivity index (χ1) is 11.6. The molecule has 134 valence electrons. The number of nitrogens with zero attached hydrogens (tertiary/aromatic N) is 3. The SMILES string of the molecule is Cc1cc(C(F)(F)F)c(C#N)c(SCC(=O)N2CCC[C@H]2C(=O)O)n1. The van der Waals surface area contributed by atoms with Crippen LogP contribution in [-0.2, 0) is 15.8 Å². The van der Waals surface area contributed by atoms with Crippen LogP contribution in [0.1, 0.15) is 29.7 Å². The summed E-state index contributed by atoms with van der Waals surface area (Å²) in [6, 6.07) is 1.36. The topological polar surface area (TPSA) is 94.3 Å². The van der Waals surface area contributed by atoms with Gasteiger partial charge in [-0.2, -0.15) is 18.4 Å². The maximum absolute atomic E-state index is 13.1. The number of carboxylic acids is 1. The van der Waals surface area contributed by atoms with Gasteiger partial charge in [-0.3, -0.25) is 4.79 Å². The number of amides is 1. The third-order valence-electron chi connectivity index (χ3n) is 3.72. The van der Waals surface area contributed by atoms with Gasteiger partial charge in [-0.05, 0) is 25.8 Å². The van der Waals surface area contributed by atoms with E-state index in [1.807, 2.05) is 0 Å². The van der Waals surface area contributed by atoms with Crippen LogP contribution in [0.15, 0.2) is 11.1 Å². The molecule has 0 spiro atoms. The van der Waals surface area contributed by atoms with Crippen LogP contribution in [0.3, 0.4) is 0 Å². The summed E-state index contributed by atoms with van der Waals surface area (Å²) in [6.45, 7) is 1.65. The molecule has 0 aliphatic carbocycles. The third kappa shape index (κ3) is 4.22. The van der Waals surface area contributed by atoms with Gasteiger partial charge >= 0.3 is 12.1 Å². The maximum atomic E-state index is 13.1. The van der Waals surface area contributed by atoms with E-state index < -0.39 is 35.2 Å². The number of thioether (sulfide) groups is 1. The minimum absolute atomic E-state index is 0.0749. The van der Waals surface area contributed by atoms with Crippen molar-refractivity contribution in [2.75, 3.05) is 12.3 Å². The smallest absolute Gasteiger partial charge is 0.417 e. The van der Waals surface area contributed by atoms with E-state index in [1.165, 1.54) is 17.9 Å². The minimum Gasteiger partial charge on any atom is -0.480 e. The fourth-order valence-electron chi connectivity index (χ4n) is 2.62. The first-order valence-electron chi connectivity index (χ1n) is 7.29. The Kier molecular flexibility index (Phi) is 5.57. The summed E-state index contributed by atoms with van der Waals surface area (Å²) in [5.41, 5.74) is -1.65. The molecule has 1 aromatic rings. The second-order valence-electron chi connectivity index (χ2n) is 5.47. The molecular weight excluding hydrogens is 359 g/mol. The molecule has 1 aromatic heterocycles. The molecule has 1 amide bonds. The van der Waals surface area contributed by atoms with Gasteiger partial charge in [0.1, 0.15) is 17.1 Å². The van der Waals surface area contributed by atoms with E-state index in [2.05, 4.69) is 4.98 Å². The van der Waals surface area contributed by atoms with Crippen LogP contribution in [-0.4, -0.2) is 45.2 Å². The molecule has 1 atom stereocenters. The van der Waals surface area contributed by atoms with Crippen molar-refractivity contribution in [2.45, 2.75) is 37.0 Å². The number of aromatic nitrogens is 1. The molecule has 1 aliphatic heterocycles. The maximum Gasteiger partial charge on any atom is 0.417 e. The van der Waals surface area contributed by atoms with Gasteiger partial charge in [0.05, 0.1) is 16.9 Å². The third-order valence-corrected chi connectivity index (χ3v) is 4.68. The average Bonchev–Trinajstić information content (AvgIpc) is 3.01. The lowest BCUT2D eigenvalue weighted by molar-refractivity contribution is -0.147. The number of carbonyl (C=O) groups is 2. The number of rotatable bonds is 4. The summed E-state index contributed by atoms with van der Waals surface area (Å²) < 4.78 is 39.2. The largest absolute Gasteiger partial charge is 0.480 e. The first kappa shape index (κ1) is 19.1. The number of hydrogen-bond donors (Lipinski definition) is 1. The summed E-state index contributed by atoms with van der Waals surface area (Å²) in [4.78, 5) is 28.4. The van der Waals surface area contributed by atoms with E-state index in [-0.39, 0.29) is 23.0 Å². The molecule has 2 heterocycles. The molecule has 0 saturated carbocycles. The van der Waals surface area contributed by atoms with Crippen LogP contribution < -0.4 is 0 Å². The van der Waals surface area contributed by atoms with E-state index >= 15 is 0 Å². The van der Waals surface area contributed by atoms with Crippen molar-refractivity contribution in [3.63, 3.8) is 0 Å². The van der Waals surface area contributed by atoms with Crippen LogP contribution in [0, 0.1) is 18.3 Å². The van der Waals surface area contributed by atoms with Gasteiger partial charge in [0.2, 0.25) is 5.91 Å². The van der Waals surface area contributed by atoms with Crippen molar-refractivity contribution in [3.8, 4) is 6.07 Å². The number of alkyl halides is 3. The van der Waals surface area contributed by atoms with Gasteiger partial charge in [-0.15, -0.1) is 0 Å². The van der Waals surface area contributed by atoms with Crippen molar-refractivity contribution >= 4 is 23.6 Å². The number of carbonyl (C=O) groups excluding carboxylic acids is 1. The highest BCUT2D eigenvalue weighted by molar-refractivity contribution is 8.00. The lowest BCUT2D eigenvalue weighted by Crippen LogP contribution is -2.41. The molecule has 1 aliphatic rings. The highest BCUT2D eigenvalue weighted by Crippen LogP contribution is 2.36. The average molecular weight is 373 g/mol. The van der Waals surface area contributed by atoms with Gasteiger partial charge in [-0.1, -0.05) is 11.8 Å². The highest BCUT2D eigenvalue weighted by Gasteiger charge is 2.36. The Morgan fingerprint density at radius 1 is 1.52 bits per heavy atom. The summed E-state index contributed by atoms with van der Waals surface area (Å²) in [6.07, 6.45) is -3.81. The molecule has 1 saturated heterocycles. The van der Waals surface area contributed by atoms with Crippen molar-refractivity contribution in [1.29, 1.82) is 5.26 Å². The summed E-state index contributed by atoms with van der Waals surface area (Å²) in [7, 11) is 0. The van der Waals surface area contributed by atoms with Crippen LogP contribution in [0.4, 0.5) is 13.2 Å². The van der Waals surface area contributed by atoms with Gasteiger partial charge in [0.15, 0.2) is 0 Å². The van der Waals surface area contributed by atoms with E-state index in [9.17, 15) is 22.8 Å². The van der Waals surface area contributed by atoms with Crippen molar-refractivity contribution < 1.29 is 27.9 Å². The zero-order chi connectivity index (χ0) is 18.8. The molecule has 6 nitrogen and oxygen atoms in total. The number of likely N-dealkylation sites (tertiary alicyclic amines) is 1. The first-order valence-corrected chi connectivity index (χ1v) is 8.27. The number of pyridine rings is 1. The van der Waals surface area contributed by atoms with Crippen molar-refractivity contribution in [2.24, 2.45) is 0 Å². The van der Waals surface area contributed by atoms with Crippen molar-refractivity contribution in [1.82, 2.24) is 9.88 Å². The monoisotopic (exact) mass is 373 g/mol. The summed E-state index contributed by atoms with van der Waals surface area (Å²) in [5.74, 6) is -1.90. The normalized spacial score (nSPS) is 17.4. The van der Waals surface area contributed by atoms with E-state index in [1.54, 1.807) is 0 Å². The zero-order valence-electron chi connectivity index (χ0n) is 13.1. The van der Waals surface area contributed by atoms with Crippen LogP contribution in [0.5, 0.6) is 0 Å². The molecule has 0 aromatic carbocycles. The van der Waals surface area contributed by atoms with Gasteiger partial charge in [-0.25, -0.2) is 9.78 Å². The van der Waals surface area contributed by atoms with E-state index in [0.717, 1.165) is 6.07 Å². The molecule has 0 unspecified atom stereocenters.